The van der Waals surface area contributed by atoms with Crippen molar-refractivity contribution in [1.82, 2.24) is 9.80 Å². The number of likely N-dealkylation sites (tertiary alicyclic amines) is 2. The molecule has 0 aliphatic carbocycles. The molecule has 0 aromatic heterocycles. The second-order valence-electron chi connectivity index (χ2n) is 5.80. The van der Waals surface area contributed by atoms with Gasteiger partial charge in [-0.2, -0.15) is 0 Å². The average Bonchev–Trinajstić information content (AvgIpc) is 2.87. The number of carbonyl (C=O) groups is 2. The van der Waals surface area contributed by atoms with E-state index in [0.29, 0.717) is 45.4 Å². The van der Waals surface area contributed by atoms with E-state index in [0.717, 1.165) is 0 Å². The topological polar surface area (TPSA) is 74.8 Å². The van der Waals surface area contributed by atoms with Crippen molar-refractivity contribution < 1.29 is 18.0 Å². The summed E-state index contributed by atoms with van der Waals surface area (Å²) in [6.07, 6.45) is 3.13. The highest BCUT2D eigenvalue weighted by Crippen LogP contribution is 2.24. The van der Waals surface area contributed by atoms with E-state index in [1.54, 1.807) is 16.7 Å². The molecule has 2 saturated heterocycles. The Morgan fingerprint density at radius 2 is 1.55 bits per heavy atom. The fourth-order valence-corrected chi connectivity index (χ4v) is 3.96. The Hall–Kier alpha value is -1.11. The van der Waals surface area contributed by atoms with E-state index in [2.05, 4.69) is 0 Å². The zero-order valence-electron chi connectivity index (χ0n) is 12.0. The van der Waals surface area contributed by atoms with E-state index >= 15 is 0 Å². The van der Waals surface area contributed by atoms with Gasteiger partial charge in [-0.1, -0.05) is 0 Å². The fourth-order valence-electron chi connectivity index (χ4n) is 2.98. The number of nitrogens with zero attached hydrogens (tertiary/aromatic N) is 2. The Morgan fingerprint density at radius 1 is 1.00 bits per heavy atom. The van der Waals surface area contributed by atoms with Crippen molar-refractivity contribution in [2.24, 2.45) is 5.92 Å². The van der Waals surface area contributed by atoms with Gasteiger partial charge < -0.3 is 9.80 Å². The summed E-state index contributed by atoms with van der Waals surface area (Å²) in [5.41, 5.74) is 0. The van der Waals surface area contributed by atoms with E-state index in [1.165, 1.54) is 6.26 Å². The smallest absolute Gasteiger partial charge is 0.225 e. The predicted molar refractivity (Wildman–Crippen MR) is 74.8 cm³/mol. The number of hydrogen-bond donors (Lipinski definition) is 0. The van der Waals surface area contributed by atoms with Gasteiger partial charge >= 0.3 is 0 Å². The molecule has 1 unspecified atom stereocenters. The summed E-state index contributed by atoms with van der Waals surface area (Å²) in [6, 6.07) is 0. The van der Waals surface area contributed by atoms with Crippen LogP contribution in [-0.4, -0.2) is 67.7 Å². The van der Waals surface area contributed by atoms with Crippen molar-refractivity contribution in [2.45, 2.75) is 31.4 Å². The minimum atomic E-state index is -3.07. The molecule has 0 saturated carbocycles. The van der Waals surface area contributed by atoms with Gasteiger partial charge in [-0.25, -0.2) is 8.42 Å². The molecule has 2 fully saturated rings. The molecule has 7 heteroatoms. The normalized spacial score (nSPS) is 25.0. The Kier molecular flexibility index (Phi) is 4.36. The van der Waals surface area contributed by atoms with Gasteiger partial charge in [0.05, 0.1) is 5.25 Å². The predicted octanol–water partition coefficient (Wildman–Crippen LogP) is -0.110. The average molecular weight is 302 g/mol. The van der Waals surface area contributed by atoms with Crippen LogP contribution in [0.4, 0.5) is 0 Å². The summed E-state index contributed by atoms with van der Waals surface area (Å²) in [7, 11) is -3.07. The molecule has 0 spiro atoms. The molecule has 2 aliphatic heterocycles. The molecule has 0 aromatic rings. The van der Waals surface area contributed by atoms with Gasteiger partial charge in [0.1, 0.15) is 0 Å². The zero-order chi connectivity index (χ0) is 14.9. The molecule has 114 valence electrons. The lowest BCUT2D eigenvalue weighted by molar-refractivity contribution is -0.139. The fraction of sp³-hybridized carbons (Fsp3) is 0.846. The van der Waals surface area contributed by atoms with Crippen LogP contribution in [0.5, 0.6) is 0 Å². The second-order valence-corrected chi connectivity index (χ2v) is 8.13. The molecule has 1 atom stereocenters. The van der Waals surface area contributed by atoms with E-state index in [9.17, 15) is 18.0 Å². The first kappa shape index (κ1) is 15.3. The van der Waals surface area contributed by atoms with Gasteiger partial charge in [0.15, 0.2) is 9.84 Å². The summed E-state index contributed by atoms with van der Waals surface area (Å²) >= 11 is 0. The van der Waals surface area contributed by atoms with Crippen molar-refractivity contribution in [3.63, 3.8) is 0 Å². The Bertz CT molecular complexity index is 495. The van der Waals surface area contributed by atoms with Crippen LogP contribution in [-0.2, 0) is 19.4 Å². The van der Waals surface area contributed by atoms with Crippen LogP contribution in [0.2, 0.25) is 0 Å². The second kappa shape index (κ2) is 5.71. The number of hydrogen-bond acceptors (Lipinski definition) is 4. The largest absolute Gasteiger partial charge is 0.343 e. The first-order valence-corrected chi connectivity index (χ1v) is 8.97. The van der Waals surface area contributed by atoms with Crippen LogP contribution >= 0.6 is 0 Å². The monoisotopic (exact) mass is 302 g/mol. The van der Waals surface area contributed by atoms with Gasteiger partial charge in [-0.15, -0.1) is 0 Å². The minimum Gasteiger partial charge on any atom is -0.343 e. The number of piperidine rings is 1. The molecule has 2 aliphatic rings. The van der Waals surface area contributed by atoms with E-state index < -0.39 is 15.1 Å². The quantitative estimate of drug-likeness (QED) is 0.713. The van der Waals surface area contributed by atoms with Gasteiger partial charge in [-0.05, 0) is 19.3 Å². The maximum Gasteiger partial charge on any atom is 0.225 e. The zero-order valence-corrected chi connectivity index (χ0v) is 12.9. The Morgan fingerprint density at radius 3 is 2.00 bits per heavy atom. The lowest BCUT2D eigenvalue weighted by atomic mass is 9.95. The number of amides is 2. The lowest BCUT2D eigenvalue weighted by Gasteiger charge is -2.32. The molecule has 0 N–H and O–H groups in total. The van der Waals surface area contributed by atoms with Crippen molar-refractivity contribution in [1.29, 1.82) is 0 Å². The third-order valence-electron chi connectivity index (χ3n) is 4.35. The van der Waals surface area contributed by atoms with Crippen LogP contribution in [0, 0.1) is 5.92 Å². The van der Waals surface area contributed by atoms with Crippen LogP contribution in [0.25, 0.3) is 0 Å². The molecular formula is C13H22N2O4S. The molecule has 0 radical (unpaired) electrons. The van der Waals surface area contributed by atoms with Gasteiger partial charge in [0.25, 0.3) is 0 Å². The van der Waals surface area contributed by atoms with Crippen molar-refractivity contribution in [2.75, 3.05) is 32.4 Å². The third-order valence-corrected chi connectivity index (χ3v) is 5.95. The molecule has 0 bridgehead atoms. The Labute approximate surface area is 120 Å². The van der Waals surface area contributed by atoms with Crippen molar-refractivity contribution >= 4 is 21.7 Å². The first-order valence-electron chi connectivity index (χ1n) is 7.02. The lowest BCUT2D eigenvalue weighted by Crippen LogP contribution is -2.43. The van der Waals surface area contributed by atoms with Crippen molar-refractivity contribution in [3.8, 4) is 0 Å². The number of sulfone groups is 1. The first-order chi connectivity index (χ1) is 9.29. The molecule has 20 heavy (non-hydrogen) atoms. The van der Waals surface area contributed by atoms with Crippen LogP contribution in [0.3, 0.4) is 0 Å². The summed E-state index contributed by atoms with van der Waals surface area (Å²) in [5, 5.41) is -0.413. The molecule has 6 nitrogen and oxygen atoms in total. The molecule has 2 heterocycles. The highest BCUT2D eigenvalue weighted by Gasteiger charge is 2.36. The minimum absolute atomic E-state index is 0.0502. The SMILES string of the molecule is CC(=O)N1CCC(C(=O)N2CCC(S(C)(=O)=O)C2)CC1. The third kappa shape index (κ3) is 3.31. The van der Waals surface area contributed by atoms with Crippen LogP contribution in [0.1, 0.15) is 26.2 Å². The highest BCUT2D eigenvalue weighted by atomic mass is 32.2. The molecule has 2 rings (SSSR count). The van der Waals surface area contributed by atoms with Crippen LogP contribution < -0.4 is 0 Å². The molecular weight excluding hydrogens is 280 g/mol. The van der Waals surface area contributed by atoms with Gasteiger partial charge in [0.2, 0.25) is 11.8 Å². The van der Waals surface area contributed by atoms with Gasteiger partial charge in [-0.3, -0.25) is 9.59 Å². The van der Waals surface area contributed by atoms with E-state index in [4.69, 9.17) is 0 Å². The van der Waals surface area contributed by atoms with Gasteiger partial charge in [0, 0.05) is 45.3 Å². The van der Waals surface area contributed by atoms with Crippen molar-refractivity contribution in [3.05, 3.63) is 0 Å². The number of rotatable bonds is 2. The number of carbonyl (C=O) groups excluding carboxylic acids is 2. The summed E-state index contributed by atoms with van der Waals surface area (Å²) in [4.78, 5) is 27.1. The van der Waals surface area contributed by atoms with E-state index in [-0.39, 0.29) is 17.7 Å². The summed E-state index contributed by atoms with van der Waals surface area (Å²) in [6.45, 7) is 3.64. The summed E-state index contributed by atoms with van der Waals surface area (Å²) < 4.78 is 23.0. The van der Waals surface area contributed by atoms with E-state index in [1.807, 2.05) is 0 Å². The Balaban J connectivity index is 1.89. The maximum atomic E-state index is 12.4. The van der Waals surface area contributed by atoms with Crippen LogP contribution in [0.15, 0.2) is 0 Å². The maximum absolute atomic E-state index is 12.4. The summed E-state index contributed by atoms with van der Waals surface area (Å²) in [5.74, 6) is 0.0393. The molecule has 0 aromatic carbocycles. The standard InChI is InChI=1S/C13H22N2O4S/c1-10(16)14-6-3-11(4-7-14)13(17)15-8-5-12(9-15)20(2,18)19/h11-12H,3-9H2,1-2H3. The molecule has 2 amide bonds. The highest BCUT2D eigenvalue weighted by molar-refractivity contribution is 7.91.